The van der Waals surface area contributed by atoms with Crippen LogP contribution in [0, 0.1) is 5.92 Å². The van der Waals surface area contributed by atoms with Crippen LogP contribution < -0.4 is 19.2 Å². The van der Waals surface area contributed by atoms with Crippen molar-refractivity contribution in [3.05, 3.63) is 48.5 Å². The van der Waals surface area contributed by atoms with Crippen molar-refractivity contribution in [2.24, 2.45) is 11.0 Å². The van der Waals surface area contributed by atoms with E-state index in [1.165, 1.54) is 32.4 Å². The predicted octanol–water partition coefficient (Wildman–Crippen LogP) is 2.73. The summed E-state index contributed by atoms with van der Waals surface area (Å²) >= 11 is 0. The average molecular weight is 504 g/mol. The van der Waals surface area contributed by atoms with Crippen molar-refractivity contribution in [1.82, 2.24) is 5.43 Å². The molecule has 1 fully saturated rings. The monoisotopic (exact) mass is 503 g/mol. The highest BCUT2D eigenvalue weighted by Crippen LogP contribution is 2.35. The van der Waals surface area contributed by atoms with Crippen molar-refractivity contribution >= 4 is 33.3 Å². The van der Waals surface area contributed by atoms with Gasteiger partial charge in [-0.15, -0.1) is 0 Å². The highest BCUT2D eigenvalue weighted by atomic mass is 32.2. The van der Waals surface area contributed by atoms with Gasteiger partial charge in [-0.2, -0.15) is 5.10 Å². The third-order valence-corrected chi connectivity index (χ3v) is 7.27. The van der Waals surface area contributed by atoms with Gasteiger partial charge in [0.1, 0.15) is 18.0 Å². The van der Waals surface area contributed by atoms with Gasteiger partial charge in [0.05, 0.1) is 43.0 Å². The van der Waals surface area contributed by atoms with E-state index in [-0.39, 0.29) is 28.9 Å². The van der Waals surface area contributed by atoms with E-state index < -0.39 is 28.4 Å². The van der Waals surface area contributed by atoms with Crippen LogP contribution in [0.25, 0.3) is 0 Å². The highest BCUT2D eigenvalue weighted by Gasteiger charge is 2.32. The Hall–Kier alpha value is -3.60. The number of sulfonamides is 1. The van der Waals surface area contributed by atoms with Crippen LogP contribution in [0.15, 0.2) is 58.5 Å². The number of anilines is 1. The molecule has 0 heterocycles. The summed E-state index contributed by atoms with van der Waals surface area (Å²) in [5, 5.41) is 4.12. The Labute approximate surface area is 204 Å². The quantitative estimate of drug-likeness (QED) is 0.391. The van der Waals surface area contributed by atoms with Crippen LogP contribution in [0.5, 0.6) is 11.5 Å². The lowest BCUT2D eigenvalue weighted by atomic mass is 10.1. The number of amides is 1. The lowest BCUT2D eigenvalue weighted by molar-refractivity contribution is -0.145. The highest BCUT2D eigenvalue weighted by molar-refractivity contribution is 7.92. The van der Waals surface area contributed by atoms with Crippen LogP contribution in [0.3, 0.4) is 0 Å². The normalized spacial score (nSPS) is 16.5. The molecule has 1 saturated carbocycles. The Kier molecular flexibility index (Phi) is 8.69. The lowest BCUT2D eigenvalue weighted by Crippen LogP contribution is -2.40. The second-order valence-electron chi connectivity index (χ2n) is 7.70. The second-order valence-corrected chi connectivity index (χ2v) is 9.56. The molecule has 11 heteroatoms. The minimum atomic E-state index is -4.16. The van der Waals surface area contributed by atoms with Crippen molar-refractivity contribution in [1.29, 1.82) is 0 Å². The summed E-state index contributed by atoms with van der Waals surface area (Å²) < 4.78 is 43.8. The third-order valence-electron chi connectivity index (χ3n) is 5.50. The fraction of sp³-hybridized carbons (Fsp3) is 0.375. The maximum absolute atomic E-state index is 13.6. The van der Waals surface area contributed by atoms with E-state index in [9.17, 15) is 18.0 Å². The molecule has 1 atom stereocenters. The number of hydrogen-bond acceptors (Lipinski definition) is 8. The number of benzene rings is 2. The molecule has 1 aliphatic rings. The molecule has 10 nitrogen and oxygen atoms in total. The summed E-state index contributed by atoms with van der Waals surface area (Å²) in [6.07, 6.45) is 1.87. The summed E-state index contributed by atoms with van der Waals surface area (Å²) in [5.74, 6) is -0.956. The predicted molar refractivity (Wildman–Crippen MR) is 130 cm³/mol. The van der Waals surface area contributed by atoms with Crippen molar-refractivity contribution < 1.29 is 32.2 Å². The van der Waals surface area contributed by atoms with Gasteiger partial charge in [0.25, 0.3) is 15.9 Å². The fourth-order valence-corrected chi connectivity index (χ4v) is 5.21. The zero-order chi connectivity index (χ0) is 25.4. The van der Waals surface area contributed by atoms with E-state index in [1.807, 2.05) is 0 Å². The van der Waals surface area contributed by atoms with Gasteiger partial charge in [-0.3, -0.25) is 13.9 Å². The first-order valence-electron chi connectivity index (χ1n) is 11.1. The molecule has 1 N–H and O–H groups in total. The van der Waals surface area contributed by atoms with Gasteiger partial charge in [0.2, 0.25) is 0 Å². The summed E-state index contributed by atoms with van der Waals surface area (Å²) in [5.41, 5.74) is 3.04. The molecule has 2 aromatic rings. The molecule has 0 spiro atoms. The number of ether oxygens (including phenoxy) is 3. The number of methoxy groups -OCH3 is 2. The topological polar surface area (TPSA) is 124 Å². The van der Waals surface area contributed by atoms with E-state index in [2.05, 4.69) is 10.5 Å². The molecule has 0 unspecified atom stereocenters. The number of carbonyl (C=O) groups excluding carboxylic acids is 2. The first kappa shape index (κ1) is 26.0. The number of hydrogen-bond donors (Lipinski definition) is 1. The standard InChI is InChI=1S/C24H29N3O7S/c1-4-34-24(29)19-11-8-12-20(19)25-26-23(28)16-27(35(30,31)18-9-6-5-7-10-18)21-15-17(32-2)13-14-22(21)33-3/h5-7,9-10,13-15,19H,4,8,11-12,16H2,1-3H3,(H,26,28)/b25-20+/t19-/m1/s1. The van der Waals surface area contributed by atoms with E-state index in [4.69, 9.17) is 14.2 Å². The number of nitrogens with one attached hydrogen (secondary N) is 1. The zero-order valence-corrected chi connectivity index (χ0v) is 20.7. The fourth-order valence-electron chi connectivity index (χ4n) is 3.77. The van der Waals surface area contributed by atoms with E-state index in [1.54, 1.807) is 37.3 Å². The summed E-state index contributed by atoms with van der Waals surface area (Å²) in [7, 11) is -1.31. The minimum absolute atomic E-state index is 0.00200. The Bertz CT molecular complexity index is 1180. The van der Waals surface area contributed by atoms with Gasteiger partial charge in [0, 0.05) is 6.07 Å². The largest absolute Gasteiger partial charge is 0.497 e. The van der Waals surface area contributed by atoms with Crippen molar-refractivity contribution in [3.8, 4) is 11.5 Å². The van der Waals surface area contributed by atoms with Gasteiger partial charge >= 0.3 is 5.97 Å². The van der Waals surface area contributed by atoms with Gasteiger partial charge < -0.3 is 14.2 Å². The van der Waals surface area contributed by atoms with E-state index >= 15 is 0 Å². The molecule has 188 valence electrons. The van der Waals surface area contributed by atoms with Crippen molar-refractivity contribution in [2.75, 3.05) is 31.7 Å². The first-order valence-corrected chi connectivity index (χ1v) is 12.6. The van der Waals surface area contributed by atoms with Gasteiger partial charge in [0.15, 0.2) is 0 Å². The Morgan fingerprint density at radius 2 is 1.86 bits per heavy atom. The number of rotatable bonds is 10. The Morgan fingerprint density at radius 1 is 1.11 bits per heavy atom. The molecule has 2 aromatic carbocycles. The van der Waals surface area contributed by atoms with E-state index in [0.29, 0.717) is 24.3 Å². The Morgan fingerprint density at radius 3 is 2.51 bits per heavy atom. The van der Waals surface area contributed by atoms with Crippen LogP contribution in [0.2, 0.25) is 0 Å². The van der Waals surface area contributed by atoms with Crippen LogP contribution in [-0.4, -0.2) is 53.4 Å². The zero-order valence-electron chi connectivity index (χ0n) is 19.9. The summed E-state index contributed by atoms with van der Waals surface area (Å²) in [6, 6.07) is 12.4. The number of hydrazone groups is 1. The smallest absolute Gasteiger partial charge is 0.314 e. The SMILES string of the molecule is CCOC(=O)[C@@H]1CCC/C1=N\NC(=O)CN(c1cc(OC)ccc1OC)S(=O)(=O)c1ccccc1. The van der Waals surface area contributed by atoms with Crippen LogP contribution >= 0.6 is 0 Å². The van der Waals surface area contributed by atoms with Gasteiger partial charge in [-0.1, -0.05) is 18.2 Å². The number of nitrogens with zero attached hydrogens (tertiary/aromatic N) is 2. The maximum Gasteiger partial charge on any atom is 0.314 e. The summed E-state index contributed by atoms with van der Waals surface area (Å²) in [6.45, 7) is 1.39. The molecule has 0 bridgehead atoms. The maximum atomic E-state index is 13.6. The molecule has 1 amide bonds. The van der Waals surface area contributed by atoms with Crippen molar-refractivity contribution in [3.63, 3.8) is 0 Å². The second kappa shape index (κ2) is 11.7. The van der Waals surface area contributed by atoms with Crippen LogP contribution in [0.1, 0.15) is 26.2 Å². The molecule has 0 aliphatic heterocycles. The van der Waals surface area contributed by atoms with Gasteiger partial charge in [-0.05, 0) is 50.5 Å². The van der Waals surface area contributed by atoms with E-state index in [0.717, 1.165) is 10.7 Å². The van der Waals surface area contributed by atoms with Crippen LogP contribution in [0.4, 0.5) is 5.69 Å². The molecule has 3 rings (SSSR count). The average Bonchev–Trinajstić information content (AvgIpc) is 3.35. The number of carbonyl (C=O) groups is 2. The molecular formula is C24H29N3O7S. The third kappa shape index (κ3) is 6.10. The van der Waals surface area contributed by atoms with Gasteiger partial charge in [-0.25, -0.2) is 13.8 Å². The molecule has 1 aliphatic carbocycles. The first-order chi connectivity index (χ1) is 16.8. The minimum Gasteiger partial charge on any atom is -0.497 e. The number of esters is 1. The molecule has 35 heavy (non-hydrogen) atoms. The van der Waals surface area contributed by atoms with Crippen molar-refractivity contribution in [2.45, 2.75) is 31.1 Å². The molecular weight excluding hydrogens is 474 g/mol. The Balaban J connectivity index is 1.92. The van der Waals surface area contributed by atoms with Crippen LogP contribution in [-0.2, 0) is 24.3 Å². The molecule has 0 aromatic heterocycles. The summed E-state index contributed by atoms with van der Waals surface area (Å²) in [4.78, 5) is 25.1. The molecule has 0 saturated heterocycles. The lowest BCUT2D eigenvalue weighted by Gasteiger charge is -2.25. The molecule has 0 radical (unpaired) electrons.